The first-order valence-electron chi connectivity index (χ1n) is 9.74. The van der Waals surface area contributed by atoms with E-state index >= 15 is 0 Å². The van der Waals surface area contributed by atoms with Crippen LogP contribution >= 0.6 is 0 Å². The van der Waals surface area contributed by atoms with Crippen molar-refractivity contribution in [3.8, 4) is 0 Å². The number of hydrogen-bond donors (Lipinski definition) is 1. The lowest BCUT2D eigenvalue weighted by molar-refractivity contribution is -0.142. The summed E-state index contributed by atoms with van der Waals surface area (Å²) < 4.78 is 5.91. The molecule has 1 aliphatic heterocycles. The standard InChI is InChI=1S/C19H33NO3/c1-14-8-10-15(11-9-14)23-13-19(22)20-12-4-6-17(20)16-5-2-3-7-18(16)21/h14-18,21H,2-13H2,1H3. The molecule has 1 saturated heterocycles. The summed E-state index contributed by atoms with van der Waals surface area (Å²) in [5.74, 6) is 1.23. The van der Waals surface area contributed by atoms with Crippen molar-refractivity contribution in [2.75, 3.05) is 13.2 Å². The molecule has 1 amide bonds. The highest BCUT2D eigenvalue weighted by atomic mass is 16.5. The maximum absolute atomic E-state index is 12.6. The van der Waals surface area contributed by atoms with Crippen LogP contribution in [0.15, 0.2) is 0 Å². The van der Waals surface area contributed by atoms with Gasteiger partial charge in [0.1, 0.15) is 6.61 Å². The van der Waals surface area contributed by atoms with Gasteiger partial charge in [-0.15, -0.1) is 0 Å². The highest BCUT2D eigenvalue weighted by Gasteiger charge is 2.39. The number of amides is 1. The molecular weight excluding hydrogens is 290 g/mol. The fourth-order valence-corrected chi connectivity index (χ4v) is 4.80. The number of aliphatic hydroxyl groups is 1. The lowest BCUT2D eigenvalue weighted by Crippen LogP contribution is -2.46. The van der Waals surface area contributed by atoms with Crippen LogP contribution < -0.4 is 0 Å². The molecule has 3 fully saturated rings. The van der Waals surface area contributed by atoms with E-state index in [1.807, 2.05) is 4.90 Å². The van der Waals surface area contributed by atoms with Crippen LogP contribution in [0.3, 0.4) is 0 Å². The minimum atomic E-state index is -0.220. The van der Waals surface area contributed by atoms with Gasteiger partial charge in [0.2, 0.25) is 5.91 Å². The topological polar surface area (TPSA) is 49.8 Å². The first kappa shape index (κ1) is 17.2. The van der Waals surface area contributed by atoms with Crippen molar-refractivity contribution < 1.29 is 14.6 Å². The van der Waals surface area contributed by atoms with Crippen LogP contribution in [-0.4, -0.2) is 47.3 Å². The van der Waals surface area contributed by atoms with Crippen molar-refractivity contribution >= 4 is 5.91 Å². The molecule has 3 unspecified atom stereocenters. The molecule has 23 heavy (non-hydrogen) atoms. The van der Waals surface area contributed by atoms with Gasteiger partial charge in [0.05, 0.1) is 12.2 Å². The lowest BCUT2D eigenvalue weighted by Gasteiger charge is -2.37. The van der Waals surface area contributed by atoms with Gasteiger partial charge in [-0.05, 0) is 57.3 Å². The van der Waals surface area contributed by atoms with Gasteiger partial charge in [-0.3, -0.25) is 4.79 Å². The molecule has 0 spiro atoms. The molecule has 0 aromatic rings. The van der Waals surface area contributed by atoms with Gasteiger partial charge in [-0.1, -0.05) is 19.8 Å². The molecule has 4 heteroatoms. The van der Waals surface area contributed by atoms with Gasteiger partial charge in [-0.2, -0.15) is 0 Å². The summed E-state index contributed by atoms with van der Waals surface area (Å²) in [6.07, 6.45) is 11.1. The Morgan fingerprint density at radius 3 is 2.52 bits per heavy atom. The third-order valence-corrected chi connectivity index (χ3v) is 6.30. The quantitative estimate of drug-likeness (QED) is 0.865. The number of aliphatic hydroxyl groups excluding tert-OH is 1. The number of likely N-dealkylation sites (tertiary alicyclic amines) is 1. The Balaban J connectivity index is 1.49. The van der Waals surface area contributed by atoms with E-state index in [1.54, 1.807) is 0 Å². The van der Waals surface area contributed by atoms with Crippen LogP contribution in [-0.2, 0) is 9.53 Å². The summed E-state index contributed by atoms with van der Waals surface area (Å²) in [5.41, 5.74) is 0. The van der Waals surface area contributed by atoms with Crippen LogP contribution in [0, 0.1) is 11.8 Å². The van der Waals surface area contributed by atoms with E-state index in [0.29, 0.717) is 0 Å². The van der Waals surface area contributed by atoms with Gasteiger partial charge in [0, 0.05) is 18.5 Å². The van der Waals surface area contributed by atoms with Crippen LogP contribution in [0.2, 0.25) is 0 Å². The van der Waals surface area contributed by atoms with Gasteiger partial charge >= 0.3 is 0 Å². The molecule has 0 radical (unpaired) electrons. The molecule has 0 aromatic carbocycles. The molecule has 1 heterocycles. The maximum Gasteiger partial charge on any atom is 0.248 e. The van der Waals surface area contributed by atoms with Gasteiger partial charge in [0.25, 0.3) is 0 Å². The molecule has 2 aliphatic carbocycles. The van der Waals surface area contributed by atoms with Crippen LogP contribution in [0.5, 0.6) is 0 Å². The molecule has 4 nitrogen and oxygen atoms in total. The van der Waals surface area contributed by atoms with Crippen molar-refractivity contribution in [2.45, 2.75) is 89.4 Å². The van der Waals surface area contributed by atoms with E-state index in [9.17, 15) is 9.90 Å². The fraction of sp³-hybridized carbons (Fsp3) is 0.947. The predicted octanol–water partition coefficient (Wildman–Crippen LogP) is 3.12. The molecule has 132 valence electrons. The first-order valence-corrected chi connectivity index (χ1v) is 9.74. The van der Waals surface area contributed by atoms with E-state index in [2.05, 4.69) is 6.92 Å². The lowest BCUT2D eigenvalue weighted by atomic mass is 9.80. The van der Waals surface area contributed by atoms with Crippen LogP contribution in [0.25, 0.3) is 0 Å². The second-order valence-electron chi connectivity index (χ2n) is 8.01. The Bertz CT molecular complexity index is 392. The van der Waals surface area contributed by atoms with E-state index in [0.717, 1.165) is 57.4 Å². The predicted molar refractivity (Wildman–Crippen MR) is 90.1 cm³/mol. The maximum atomic E-state index is 12.6. The average Bonchev–Trinajstić information content (AvgIpc) is 3.04. The highest BCUT2D eigenvalue weighted by molar-refractivity contribution is 5.78. The second kappa shape index (κ2) is 7.98. The Labute approximate surface area is 140 Å². The summed E-state index contributed by atoms with van der Waals surface area (Å²) in [7, 11) is 0. The zero-order valence-electron chi connectivity index (χ0n) is 14.6. The molecule has 0 aromatic heterocycles. The summed E-state index contributed by atoms with van der Waals surface area (Å²) >= 11 is 0. The minimum Gasteiger partial charge on any atom is -0.393 e. The number of carbonyl (C=O) groups excluding carboxylic acids is 1. The largest absolute Gasteiger partial charge is 0.393 e. The van der Waals surface area contributed by atoms with Crippen LogP contribution in [0.4, 0.5) is 0 Å². The van der Waals surface area contributed by atoms with Gasteiger partial charge < -0.3 is 14.7 Å². The normalized spacial score (nSPS) is 38.7. The van der Waals surface area contributed by atoms with Crippen molar-refractivity contribution in [3.63, 3.8) is 0 Å². The van der Waals surface area contributed by atoms with Gasteiger partial charge in [-0.25, -0.2) is 0 Å². The SMILES string of the molecule is CC1CCC(OCC(=O)N2CCCC2C2CCCCC2O)CC1. The number of ether oxygens (including phenoxy) is 1. The zero-order chi connectivity index (χ0) is 16.2. The molecule has 1 N–H and O–H groups in total. The monoisotopic (exact) mass is 323 g/mol. The number of hydrogen-bond acceptors (Lipinski definition) is 3. The van der Waals surface area contributed by atoms with Crippen LogP contribution in [0.1, 0.15) is 71.1 Å². The minimum absolute atomic E-state index is 0.142. The summed E-state index contributed by atoms with van der Waals surface area (Å²) in [6, 6.07) is 0.243. The Morgan fingerprint density at radius 2 is 1.78 bits per heavy atom. The molecule has 3 rings (SSSR count). The molecule has 0 bridgehead atoms. The Kier molecular flexibility index (Phi) is 5.97. The van der Waals surface area contributed by atoms with Crippen molar-refractivity contribution in [1.29, 1.82) is 0 Å². The number of carbonyl (C=O) groups is 1. The highest BCUT2D eigenvalue weighted by Crippen LogP contribution is 2.35. The average molecular weight is 323 g/mol. The second-order valence-corrected chi connectivity index (χ2v) is 8.01. The number of nitrogens with zero attached hydrogens (tertiary/aromatic N) is 1. The number of rotatable bonds is 4. The summed E-state index contributed by atoms with van der Waals surface area (Å²) in [5, 5.41) is 10.3. The van der Waals surface area contributed by atoms with E-state index in [1.165, 1.54) is 19.3 Å². The molecule has 2 saturated carbocycles. The van der Waals surface area contributed by atoms with Crippen molar-refractivity contribution in [1.82, 2.24) is 4.90 Å². The third-order valence-electron chi connectivity index (χ3n) is 6.30. The van der Waals surface area contributed by atoms with E-state index in [-0.39, 0.29) is 36.7 Å². The molecule has 3 aliphatic rings. The molecule has 3 atom stereocenters. The van der Waals surface area contributed by atoms with E-state index < -0.39 is 0 Å². The fourth-order valence-electron chi connectivity index (χ4n) is 4.80. The summed E-state index contributed by atoms with van der Waals surface area (Å²) in [4.78, 5) is 14.6. The first-order chi connectivity index (χ1) is 11.1. The van der Waals surface area contributed by atoms with Crippen molar-refractivity contribution in [3.05, 3.63) is 0 Å². The Morgan fingerprint density at radius 1 is 1.04 bits per heavy atom. The summed E-state index contributed by atoms with van der Waals surface area (Å²) in [6.45, 7) is 3.38. The zero-order valence-corrected chi connectivity index (χ0v) is 14.6. The smallest absolute Gasteiger partial charge is 0.248 e. The van der Waals surface area contributed by atoms with Crippen molar-refractivity contribution in [2.24, 2.45) is 11.8 Å². The third kappa shape index (κ3) is 4.27. The molecular formula is C19H33NO3. The Hall–Kier alpha value is -0.610. The van der Waals surface area contributed by atoms with Gasteiger partial charge in [0.15, 0.2) is 0 Å². The van der Waals surface area contributed by atoms with E-state index in [4.69, 9.17) is 4.74 Å².